The third-order valence-corrected chi connectivity index (χ3v) is 5.88. The Morgan fingerprint density at radius 3 is 2.67 bits per heavy atom. The van der Waals surface area contributed by atoms with E-state index in [1.165, 1.54) is 7.11 Å². The van der Waals surface area contributed by atoms with E-state index in [4.69, 9.17) is 20.9 Å². The highest BCUT2D eigenvalue weighted by Crippen LogP contribution is 2.39. The van der Waals surface area contributed by atoms with Crippen molar-refractivity contribution in [3.63, 3.8) is 0 Å². The number of nitrogens with zero attached hydrogens (tertiary/aromatic N) is 3. The normalized spacial score (nSPS) is 16.2. The largest absolute Gasteiger partial charge is 0.504 e. The standard InChI is InChI=1S/C24H25ClN4O4/c1-4-5-12-29-14(2)20(23-27-22(28-33-23)15-6-9-17(25)10-7-15)21(26-24(29)31)16-8-11-19(32-3)18(30)13-16/h6-11,13,21,30H,4-5,12H2,1-3H3,(H,26,31). The van der Waals surface area contributed by atoms with E-state index in [2.05, 4.69) is 22.4 Å². The lowest BCUT2D eigenvalue weighted by Crippen LogP contribution is -2.46. The molecule has 2 heterocycles. The van der Waals surface area contributed by atoms with Crippen LogP contribution in [0.4, 0.5) is 4.79 Å². The predicted octanol–water partition coefficient (Wildman–Crippen LogP) is 5.40. The summed E-state index contributed by atoms with van der Waals surface area (Å²) in [7, 11) is 1.48. The molecule has 0 saturated carbocycles. The molecular formula is C24H25ClN4O4. The molecule has 2 aromatic carbocycles. The number of aromatic hydroxyl groups is 1. The fourth-order valence-corrected chi connectivity index (χ4v) is 3.96. The number of phenols is 1. The van der Waals surface area contributed by atoms with Gasteiger partial charge in [0.2, 0.25) is 5.82 Å². The monoisotopic (exact) mass is 468 g/mol. The van der Waals surface area contributed by atoms with Gasteiger partial charge in [0.25, 0.3) is 5.89 Å². The molecule has 1 aliphatic heterocycles. The van der Waals surface area contributed by atoms with Gasteiger partial charge in [0, 0.05) is 22.8 Å². The lowest BCUT2D eigenvalue weighted by Gasteiger charge is -2.35. The topological polar surface area (TPSA) is 101 Å². The summed E-state index contributed by atoms with van der Waals surface area (Å²) >= 11 is 5.99. The van der Waals surface area contributed by atoms with Crippen molar-refractivity contribution in [3.05, 3.63) is 64.6 Å². The second-order valence-electron chi connectivity index (χ2n) is 7.75. The summed E-state index contributed by atoms with van der Waals surface area (Å²) in [6, 6.07) is 11.3. The Balaban J connectivity index is 1.80. The van der Waals surface area contributed by atoms with E-state index in [1.54, 1.807) is 35.2 Å². The Kier molecular flexibility index (Phi) is 6.55. The third kappa shape index (κ3) is 4.52. The van der Waals surface area contributed by atoms with Crippen molar-refractivity contribution in [2.24, 2.45) is 0 Å². The Morgan fingerprint density at radius 2 is 2.00 bits per heavy atom. The van der Waals surface area contributed by atoms with E-state index >= 15 is 0 Å². The van der Waals surface area contributed by atoms with Crippen LogP contribution in [0.3, 0.4) is 0 Å². The fraction of sp³-hybridized carbons (Fsp3) is 0.292. The van der Waals surface area contributed by atoms with E-state index in [1.807, 2.05) is 19.1 Å². The van der Waals surface area contributed by atoms with Crippen LogP contribution in [-0.4, -0.2) is 39.8 Å². The number of amides is 2. The zero-order valence-electron chi connectivity index (χ0n) is 18.6. The number of urea groups is 1. The minimum absolute atomic E-state index is 0.0259. The molecule has 0 saturated heterocycles. The molecule has 0 spiro atoms. The van der Waals surface area contributed by atoms with Crippen molar-refractivity contribution in [2.45, 2.75) is 32.7 Å². The van der Waals surface area contributed by atoms with Gasteiger partial charge in [0.05, 0.1) is 18.7 Å². The average molecular weight is 469 g/mol. The van der Waals surface area contributed by atoms with E-state index in [0.717, 1.165) is 24.1 Å². The Labute approximate surface area is 196 Å². The Morgan fingerprint density at radius 1 is 1.24 bits per heavy atom. The lowest BCUT2D eigenvalue weighted by molar-refractivity contribution is 0.204. The van der Waals surface area contributed by atoms with Gasteiger partial charge in [-0.25, -0.2) is 4.79 Å². The maximum absolute atomic E-state index is 13.0. The van der Waals surface area contributed by atoms with Crippen LogP contribution in [0.2, 0.25) is 5.02 Å². The number of phenolic OH excluding ortho intramolecular Hbond substituents is 1. The van der Waals surface area contributed by atoms with Gasteiger partial charge in [0.15, 0.2) is 11.5 Å². The molecular weight excluding hydrogens is 444 g/mol. The smallest absolute Gasteiger partial charge is 0.322 e. The van der Waals surface area contributed by atoms with Gasteiger partial charge in [-0.1, -0.05) is 36.2 Å². The van der Waals surface area contributed by atoms with Crippen LogP contribution in [0.1, 0.15) is 44.2 Å². The van der Waals surface area contributed by atoms with Gasteiger partial charge >= 0.3 is 6.03 Å². The highest BCUT2D eigenvalue weighted by molar-refractivity contribution is 6.30. The van der Waals surface area contributed by atoms with Gasteiger partial charge in [-0.2, -0.15) is 4.98 Å². The summed E-state index contributed by atoms with van der Waals surface area (Å²) in [5.74, 6) is 1.02. The van der Waals surface area contributed by atoms with Gasteiger partial charge in [-0.15, -0.1) is 0 Å². The van der Waals surface area contributed by atoms with Gasteiger partial charge < -0.3 is 19.7 Å². The molecule has 0 aliphatic carbocycles. The number of carbonyl (C=O) groups excluding carboxylic acids is 1. The quantitative estimate of drug-likeness (QED) is 0.481. The number of hydrogen-bond donors (Lipinski definition) is 2. The SMILES string of the molecule is CCCCN1C(=O)NC(c2ccc(OC)c(O)c2)C(c2nc(-c3ccc(Cl)cc3)no2)=C1C. The first kappa shape index (κ1) is 22.7. The van der Waals surface area contributed by atoms with Crippen molar-refractivity contribution in [2.75, 3.05) is 13.7 Å². The van der Waals surface area contributed by atoms with Gasteiger partial charge in [-0.3, -0.25) is 4.90 Å². The zero-order valence-corrected chi connectivity index (χ0v) is 19.4. The second-order valence-corrected chi connectivity index (χ2v) is 8.18. The van der Waals surface area contributed by atoms with Crippen molar-refractivity contribution >= 4 is 23.2 Å². The van der Waals surface area contributed by atoms with Crippen molar-refractivity contribution in [3.8, 4) is 22.9 Å². The summed E-state index contributed by atoms with van der Waals surface area (Å²) in [4.78, 5) is 19.2. The molecule has 0 fully saturated rings. The fourth-order valence-electron chi connectivity index (χ4n) is 3.83. The number of aromatic nitrogens is 2. The molecule has 33 heavy (non-hydrogen) atoms. The number of carbonyl (C=O) groups is 1. The number of rotatable bonds is 7. The number of allylic oxidation sites excluding steroid dienone is 1. The van der Waals surface area contributed by atoms with Crippen LogP contribution in [0.5, 0.6) is 11.5 Å². The number of unbranched alkanes of at least 4 members (excludes halogenated alkanes) is 1. The lowest BCUT2D eigenvalue weighted by atomic mass is 9.94. The molecule has 1 atom stereocenters. The minimum Gasteiger partial charge on any atom is -0.504 e. The van der Waals surface area contributed by atoms with E-state index < -0.39 is 6.04 Å². The third-order valence-electron chi connectivity index (χ3n) is 5.63. The zero-order chi connectivity index (χ0) is 23.5. The highest BCUT2D eigenvalue weighted by atomic mass is 35.5. The van der Waals surface area contributed by atoms with Crippen LogP contribution in [0.25, 0.3) is 17.0 Å². The molecule has 4 rings (SSSR count). The second kappa shape index (κ2) is 9.54. The number of hydrogen-bond acceptors (Lipinski definition) is 6. The van der Waals surface area contributed by atoms with Crippen molar-refractivity contribution in [1.82, 2.24) is 20.4 Å². The highest BCUT2D eigenvalue weighted by Gasteiger charge is 2.35. The molecule has 0 radical (unpaired) electrons. The number of halogens is 1. The first-order chi connectivity index (χ1) is 15.9. The number of benzene rings is 2. The molecule has 8 nitrogen and oxygen atoms in total. The summed E-state index contributed by atoms with van der Waals surface area (Å²) in [5, 5.41) is 18.1. The van der Waals surface area contributed by atoms with Crippen LogP contribution in [0, 0.1) is 0 Å². The predicted molar refractivity (Wildman–Crippen MR) is 125 cm³/mol. The van der Waals surface area contributed by atoms with Crippen LogP contribution in [-0.2, 0) is 0 Å². The molecule has 172 valence electrons. The molecule has 3 aromatic rings. The number of ether oxygens (including phenoxy) is 1. The molecule has 1 unspecified atom stereocenters. The Bertz CT molecular complexity index is 1190. The van der Waals surface area contributed by atoms with E-state index in [0.29, 0.717) is 40.2 Å². The molecule has 1 aliphatic rings. The van der Waals surface area contributed by atoms with Crippen molar-refractivity contribution < 1.29 is 19.2 Å². The van der Waals surface area contributed by atoms with Crippen LogP contribution in [0.15, 0.2) is 52.7 Å². The van der Waals surface area contributed by atoms with Crippen LogP contribution < -0.4 is 10.1 Å². The summed E-state index contributed by atoms with van der Waals surface area (Å²) in [6.45, 7) is 4.50. The van der Waals surface area contributed by atoms with Crippen molar-refractivity contribution in [1.29, 1.82) is 0 Å². The Hall–Kier alpha value is -3.52. The van der Waals surface area contributed by atoms with E-state index in [-0.39, 0.29) is 11.8 Å². The maximum atomic E-state index is 13.0. The molecule has 1 aromatic heterocycles. The van der Waals surface area contributed by atoms with Crippen LogP contribution >= 0.6 is 11.6 Å². The molecule has 0 bridgehead atoms. The van der Waals surface area contributed by atoms with E-state index in [9.17, 15) is 9.90 Å². The van der Waals surface area contributed by atoms with Gasteiger partial charge in [0.1, 0.15) is 0 Å². The number of methoxy groups -OCH3 is 1. The first-order valence-corrected chi connectivity index (χ1v) is 11.1. The summed E-state index contributed by atoms with van der Waals surface area (Å²) < 4.78 is 10.8. The minimum atomic E-state index is -0.592. The summed E-state index contributed by atoms with van der Waals surface area (Å²) in [6.07, 6.45) is 1.80. The maximum Gasteiger partial charge on any atom is 0.322 e. The molecule has 9 heteroatoms. The molecule has 2 N–H and O–H groups in total. The number of nitrogens with one attached hydrogen (secondary N) is 1. The first-order valence-electron chi connectivity index (χ1n) is 10.7. The summed E-state index contributed by atoms with van der Waals surface area (Å²) in [5.41, 5.74) is 2.81. The average Bonchev–Trinajstić information content (AvgIpc) is 3.28. The molecule has 2 amide bonds. The van der Waals surface area contributed by atoms with Gasteiger partial charge in [-0.05, 0) is 55.3 Å².